The van der Waals surface area contributed by atoms with Crippen LogP contribution in [-0.4, -0.2) is 5.91 Å². The lowest BCUT2D eigenvalue weighted by atomic mass is 10.1. The van der Waals surface area contributed by atoms with Gasteiger partial charge in [-0.25, -0.2) is 4.39 Å². The number of amides is 1. The van der Waals surface area contributed by atoms with Crippen molar-refractivity contribution >= 4 is 28.9 Å². The molecule has 1 amide bonds. The minimum absolute atomic E-state index is 0.0413. The Kier molecular flexibility index (Phi) is 3.55. The Bertz CT molecular complexity index is 717. The Morgan fingerprint density at radius 3 is 2.86 bits per heavy atom. The van der Waals surface area contributed by atoms with Gasteiger partial charge in [0, 0.05) is 11.3 Å². The number of hydrogen-bond donors (Lipinski definition) is 2. The molecule has 1 unspecified atom stereocenters. The molecule has 1 heterocycles. The summed E-state index contributed by atoms with van der Waals surface area (Å²) < 4.78 is 13.8. The van der Waals surface area contributed by atoms with Crippen molar-refractivity contribution in [1.29, 1.82) is 0 Å². The standard InChI is InChI=1S/C16H14ClFN2O/c1-9(11-4-2-3-5-13(11)18)19-15-6-10-7-16(21)20-14(10)8-12(15)17/h2-6,8-9,19H,7H2,1H3,(H,20,21). The largest absolute Gasteiger partial charge is 0.377 e. The van der Waals surface area contributed by atoms with Crippen molar-refractivity contribution in [2.45, 2.75) is 19.4 Å². The van der Waals surface area contributed by atoms with Crippen LogP contribution in [0.3, 0.4) is 0 Å². The number of carbonyl (C=O) groups excluding carboxylic acids is 1. The quantitative estimate of drug-likeness (QED) is 0.894. The Balaban J connectivity index is 1.87. The molecule has 3 nitrogen and oxygen atoms in total. The molecule has 2 aromatic carbocycles. The molecular weight excluding hydrogens is 291 g/mol. The summed E-state index contributed by atoms with van der Waals surface area (Å²) in [5.74, 6) is -0.299. The molecule has 0 aromatic heterocycles. The van der Waals surface area contributed by atoms with E-state index in [0.29, 0.717) is 22.7 Å². The zero-order valence-corrected chi connectivity index (χ0v) is 12.2. The third-order valence-corrected chi connectivity index (χ3v) is 3.87. The maximum absolute atomic E-state index is 13.8. The van der Waals surface area contributed by atoms with Crippen LogP contribution in [-0.2, 0) is 11.2 Å². The molecule has 0 fully saturated rings. The van der Waals surface area contributed by atoms with Gasteiger partial charge in [-0.3, -0.25) is 4.79 Å². The summed E-state index contributed by atoms with van der Waals surface area (Å²) in [4.78, 5) is 11.4. The smallest absolute Gasteiger partial charge is 0.228 e. The SMILES string of the molecule is CC(Nc1cc2c(cc1Cl)NC(=O)C2)c1ccccc1F. The number of carbonyl (C=O) groups is 1. The van der Waals surface area contributed by atoms with Crippen LogP contribution in [0.4, 0.5) is 15.8 Å². The Labute approximate surface area is 127 Å². The van der Waals surface area contributed by atoms with Crippen molar-refractivity contribution < 1.29 is 9.18 Å². The molecule has 0 saturated carbocycles. The first-order chi connectivity index (χ1) is 10.0. The van der Waals surface area contributed by atoms with Crippen LogP contribution < -0.4 is 10.6 Å². The second kappa shape index (κ2) is 5.37. The van der Waals surface area contributed by atoms with Crippen molar-refractivity contribution in [3.8, 4) is 0 Å². The van der Waals surface area contributed by atoms with Crippen LogP contribution in [0.15, 0.2) is 36.4 Å². The average Bonchev–Trinajstić information content (AvgIpc) is 2.78. The van der Waals surface area contributed by atoms with Crippen LogP contribution >= 0.6 is 11.6 Å². The third-order valence-electron chi connectivity index (χ3n) is 3.56. The average molecular weight is 305 g/mol. The first-order valence-electron chi connectivity index (χ1n) is 6.68. The first-order valence-corrected chi connectivity index (χ1v) is 7.05. The van der Waals surface area contributed by atoms with Crippen molar-refractivity contribution in [3.05, 3.63) is 58.4 Å². The van der Waals surface area contributed by atoms with Gasteiger partial charge in [-0.05, 0) is 30.7 Å². The molecule has 108 valence electrons. The number of nitrogens with one attached hydrogen (secondary N) is 2. The predicted octanol–water partition coefficient (Wildman–Crippen LogP) is 4.15. The summed E-state index contributed by atoms with van der Waals surface area (Å²) in [6.07, 6.45) is 0.343. The fourth-order valence-corrected chi connectivity index (χ4v) is 2.71. The molecule has 0 spiro atoms. The number of benzene rings is 2. The van der Waals surface area contributed by atoms with Crippen molar-refractivity contribution in [2.75, 3.05) is 10.6 Å². The third kappa shape index (κ3) is 2.72. The van der Waals surface area contributed by atoms with Crippen LogP contribution in [0.1, 0.15) is 24.1 Å². The summed E-state index contributed by atoms with van der Waals surface area (Å²) in [5, 5.41) is 6.45. The zero-order chi connectivity index (χ0) is 15.0. The van der Waals surface area contributed by atoms with E-state index in [0.717, 1.165) is 11.3 Å². The summed E-state index contributed by atoms with van der Waals surface area (Å²) in [6, 6.07) is 9.95. The molecule has 0 saturated heterocycles. The molecule has 21 heavy (non-hydrogen) atoms. The van der Waals surface area contributed by atoms with Crippen LogP contribution in [0.5, 0.6) is 0 Å². The maximum atomic E-state index is 13.8. The second-order valence-electron chi connectivity index (χ2n) is 5.10. The first kappa shape index (κ1) is 13.9. The van der Waals surface area contributed by atoms with Gasteiger partial charge < -0.3 is 10.6 Å². The van der Waals surface area contributed by atoms with Gasteiger partial charge in [0.25, 0.3) is 0 Å². The lowest BCUT2D eigenvalue weighted by Crippen LogP contribution is -2.09. The summed E-state index contributed by atoms with van der Waals surface area (Å²) in [7, 11) is 0. The molecule has 1 aliphatic rings. The van der Waals surface area contributed by atoms with E-state index in [2.05, 4.69) is 10.6 Å². The number of fused-ring (bicyclic) bond motifs is 1. The molecule has 0 radical (unpaired) electrons. The summed E-state index contributed by atoms with van der Waals surface area (Å²) in [5.41, 5.74) is 2.91. The van der Waals surface area contributed by atoms with Crippen molar-refractivity contribution in [3.63, 3.8) is 0 Å². The number of hydrogen-bond acceptors (Lipinski definition) is 2. The topological polar surface area (TPSA) is 41.1 Å². The molecular formula is C16H14ClFN2O. The highest BCUT2D eigenvalue weighted by Gasteiger charge is 2.20. The predicted molar refractivity (Wildman–Crippen MR) is 82.2 cm³/mol. The number of rotatable bonds is 3. The van der Waals surface area contributed by atoms with Crippen molar-refractivity contribution in [1.82, 2.24) is 0 Å². The van der Waals surface area contributed by atoms with E-state index in [-0.39, 0.29) is 17.8 Å². The molecule has 0 bridgehead atoms. The highest BCUT2D eigenvalue weighted by atomic mass is 35.5. The van der Waals surface area contributed by atoms with E-state index in [1.807, 2.05) is 13.0 Å². The van der Waals surface area contributed by atoms with Gasteiger partial charge in [-0.2, -0.15) is 0 Å². The monoisotopic (exact) mass is 304 g/mol. The molecule has 0 aliphatic carbocycles. The van der Waals surface area contributed by atoms with Crippen LogP contribution in [0, 0.1) is 5.82 Å². The lowest BCUT2D eigenvalue weighted by Gasteiger charge is -2.18. The van der Waals surface area contributed by atoms with E-state index < -0.39 is 0 Å². The van der Waals surface area contributed by atoms with Gasteiger partial charge in [0.05, 0.1) is 23.2 Å². The van der Waals surface area contributed by atoms with E-state index in [4.69, 9.17) is 11.6 Å². The van der Waals surface area contributed by atoms with E-state index in [9.17, 15) is 9.18 Å². The minimum atomic E-state index is -0.258. The zero-order valence-electron chi connectivity index (χ0n) is 11.4. The Morgan fingerprint density at radius 2 is 2.10 bits per heavy atom. The Hall–Kier alpha value is -2.07. The molecule has 2 N–H and O–H groups in total. The fourth-order valence-electron chi connectivity index (χ4n) is 2.50. The normalized spacial score (nSPS) is 14.5. The summed E-state index contributed by atoms with van der Waals surface area (Å²) >= 11 is 6.22. The van der Waals surface area contributed by atoms with Gasteiger partial charge in [-0.15, -0.1) is 0 Å². The van der Waals surface area contributed by atoms with Gasteiger partial charge >= 0.3 is 0 Å². The Morgan fingerprint density at radius 1 is 1.33 bits per heavy atom. The molecule has 1 atom stereocenters. The van der Waals surface area contributed by atoms with E-state index in [1.54, 1.807) is 24.3 Å². The summed E-state index contributed by atoms with van der Waals surface area (Å²) in [6.45, 7) is 1.87. The fraction of sp³-hybridized carbons (Fsp3) is 0.188. The highest BCUT2D eigenvalue weighted by Crippen LogP contribution is 2.34. The molecule has 2 aromatic rings. The highest BCUT2D eigenvalue weighted by molar-refractivity contribution is 6.33. The van der Waals surface area contributed by atoms with Gasteiger partial charge in [-0.1, -0.05) is 29.8 Å². The number of halogens is 2. The van der Waals surface area contributed by atoms with Gasteiger partial charge in [0.2, 0.25) is 5.91 Å². The second-order valence-corrected chi connectivity index (χ2v) is 5.51. The van der Waals surface area contributed by atoms with Crippen molar-refractivity contribution in [2.24, 2.45) is 0 Å². The van der Waals surface area contributed by atoms with E-state index in [1.165, 1.54) is 6.07 Å². The minimum Gasteiger partial charge on any atom is -0.377 e. The molecule has 3 rings (SSSR count). The molecule has 1 aliphatic heterocycles. The maximum Gasteiger partial charge on any atom is 0.228 e. The van der Waals surface area contributed by atoms with Gasteiger partial charge in [0.15, 0.2) is 0 Å². The van der Waals surface area contributed by atoms with E-state index >= 15 is 0 Å². The van der Waals surface area contributed by atoms with Crippen LogP contribution in [0.25, 0.3) is 0 Å². The van der Waals surface area contributed by atoms with Gasteiger partial charge in [0.1, 0.15) is 5.82 Å². The van der Waals surface area contributed by atoms with Crippen LogP contribution in [0.2, 0.25) is 5.02 Å². The molecule has 5 heteroatoms. The lowest BCUT2D eigenvalue weighted by molar-refractivity contribution is -0.115. The number of anilines is 2.